The normalized spacial score (nSPS) is 11.2. The molecule has 0 radical (unpaired) electrons. The molecule has 1 aromatic carbocycles. The number of thiazole rings is 1. The van der Waals surface area contributed by atoms with E-state index >= 15 is 0 Å². The van der Waals surface area contributed by atoms with Crippen LogP contribution < -0.4 is 5.32 Å². The molecule has 0 aliphatic carbocycles. The molecular formula is C17H24N2S2. The van der Waals surface area contributed by atoms with Crippen molar-refractivity contribution in [2.45, 2.75) is 45.5 Å². The number of hydrogen-bond donors (Lipinski definition) is 1. The van der Waals surface area contributed by atoms with E-state index in [0.29, 0.717) is 6.04 Å². The van der Waals surface area contributed by atoms with E-state index in [4.69, 9.17) is 4.98 Å². The first-order valence-corrected chi connectivity index (χ1v) is 9.53. The molecule has 0 bridgehead atoms. The van der Waals surface area contributed by atoms with Gasteiger partial charge in [0, 0.05) is 28.8 Å². The van der Waals surface area contributed by atoms with Crippen molar-refractivity contribution >= 4 is 23.1 Å². The van der Waals surface area contributed by atoms with Gasteiger partial charge in [-0.05, 0) is 12.2 Å². The topological polar surface area (TPSA) is 24.9 Å². The van der Waals surface area contributed by atoms with Gasteiger partial charge >= 0.3 is 0 Å². The van der Waals surface area contributed by atoms with Crippen LogP contribution in [-0.4, -0.2) is 16.8 Å². The third kappa shape index (κ3) is 5.13. The first kappa shape index (κ1) is 16.5. The van der Waals surface area contributed by atoms with Gasteiger partial charge in [-0.1, -0.05) is 51.1 Å². The summed E-state index contributed by atoms with van der Waals surface area (Å²) in [5.41, 5.74) is 2.38. The SMILES string of the molecule is CCCSCc1nc(-c2ccccc2)c(CNC(C)C)s1. The molecule has 21 heavy (non-hydrogen) atoms. The van der Waals surface area contributed by atoms with Crippen LogP contribution in [0.5, 0.6) is 0 Å². The van der Waals surface area contributed by atoms with E-state index in [1.807, 2.05) is 23.1 Å². The van der Waals surface area contributed by atoms with E-state index < -0.39 is 0 Å². The van der Waals surface area contributed by atoms with Crippen LogP contribution in [0.1, 0.15) is 37.1 Å². The van der Waals surface area contributed by atoms with E-state index in [1.165, 1.54) is 27.6 Å². The van der Waals surface area contributed by atoms with Crippen molar-refractivity contribution in [2.75, 3.05) is 5.75 Å². The smallest absolute Gasteiger partial charge is 0.103 e. The summed E-state index contributed by atoms with van der Waals surface area (Å²) >= 11 is 3.83. The van der Waals surface area contributed by atoms with Crippen molar-refractivity contribution in [3.63, 3.8) is 0 Å². The lowest BCUT2D eigenvalue weighted by Crippen LogP contribution is -2.21. The lowest BCUT2D eigenvalue weighted by Gasteiger charge is -2.07. The minimum atomic E-state index is 0.494. The summed E-state index contributed by atoms with van der Waals surface area (Å²) in [6.07, 6.45) is 1.23. The van der Waals surface area contributed by atoms with Gasteiger partial charge in [-0.3, -0.25) is 0 Å². The summed E-state index contributed by atoms with van der Waals surface area (Å²) in [7, 11) is 0. The quantitative estimate of drug-likeness (QED) is 0.697. The van der Waals surface area contributed by atoms with Gasteiger partial charge in [0.2, 0.25) is 0 Å². The second-order valence-electron chi connectivity index (χ2n) is 5.33. The molecule has 1 aromatic heterocycles. The van der Waals surface area contributed by atoms with Gasteiger partial charge in [-0.2, -0.15) is 11.8 Å². The van der Waals surface area contributed by atoms with E-state index in [9.17, 15) is 0 Å². The molecule has 0 aliphatic heterocycles. The Labute approximate surface area is 136 Å². The van der Waals surface area contributed by atoms with Gasteiger partial charge in [-0.15, -0.1) is 11.3 Å². The average molecular weight is 321 g/mol. The molecule has 1 N–H and O–H groups in total. The van der Waals surface area contributed by atoms with Crippen molar-refractivity contribution in [2.24, 2.45) is 0 Å². The molecule has 2 rings (SSSR count). The predicted octanol–water partition coefficient (Wildman–Crippen LogP) is 4.95. The molecule has 4 heteroatoms. The lowest BCUT2D eigenvalue weighted by molar-refractivity contribution is 0.593. The van der Waals surface area contributed by atoms with Crippen molar-refractivity contribution in [1.29, 1.82) is 0 Å². The molecule has 114 valence electrons. The summed E-state index contributed by atoms with van der Waals surface area (Å²) in [6, 6.07) is 11.0. The fourth-order valence-corrected chi connectivity index (χ4v) is 4.00. The molecule has 0 saturated heterocycles. The average Bonchev–Trinajstić information content (AvgIpc) is 2.89. The monoisotopic (exact) mass is 320 g/mol. The number of nitrogens with one attached hydrogen (secondary N) is 1. The third-order valence-corrected chi connectivity index (χ3v) is 5.45. The standard InChI is InChI=1S/C17H24N2S2/c1-4-10-20-12-16-19-17(14-8-6-5-7-9-14)15(21-16)11-18-13(2)3/h5-9,13,18H,4,10-12H2,1-3H3. The van der Waals surface area contributed by atoms with Crippen LogP contribution in [0.4, 0.5) is 0 Å². The molecule has 1 heterocycles. The van der Waals surface area contributed by atoms with E-state index in [-0.39, 0.29) is 0 Å². The zero-order chi connectivity index (χ0) is 15.1. The van der Waals surface area contributed by atoms with Crippen LogP contribution >= 0.6 is 23.1 Å². The summed E-state index contributed by atoms with van der Waals surface area (Å²) < 4.78 is 0. The Morgan fingerprint density at radius 3 is 2.67 bits per heavy atom. The molecule has 2 aromatic rings. The maximum absolute atomic E-state index is 4.89. The molecule has 0 amide bonds. The molecule has 2 nitrogen and oxygen atoms in total. The van der Waals surface area contributed by atoms with Gasteiger partial charge in [0.1, 0.15) is 5.01 Å². The first-order chi connectivity index (χ1) is 10.2. The Morgan fingerprint density at radius 1 is 1.24 bits per heavy atom. The zero-order valence-corrected chi connectivity index (χ0v) is 14.7. The molecule has 0 atom stereocenters. The predicted molar refractivity (Wildman–Crippen MR) is 96.0 cm³/mol. The van der Waals surface area contributed by atoms with Crippen LogP contribution in [0.3, 0.4) is 0 Å². The molecule has 0 saturated carbocycles. The molecule has 0 unspecified atom stereocenters. The van der Waals surface area contributed by atoms with Gasteiger partial charge in [0.05, 0.1) is 5.69 Å². The van der Waals surface area contributed by atoms with Crippen molar-refractivity contribution in [3.05, 3.63) is 40.2 Å². The highest BCUT2D eigenvalue weighted by Crippen LogP contribution is 2.30. The van der Waals surface area contributed by atoms with Gasteiger partial charge < -0.3 is 5.32 Å². The van der Waals surface area contributed by atoms with E-state index in [0.717, 1.165) is 18.0 Å². The van der Waals surface area contributed by atoms with Crippen LogP contribution in [0, 0.1) is 0 Å². The van der Waals surface area contributed by atoms with Crippen molar-refractivity contribution < 1.29 is 0 Å². The molecule has 0 fully saturated rings. The number of thioether (sulfide) groups is 1. The summed E-state index contributed by atoms with van der Waals surface area (Å²) in [5, 5.41) is 4.76. The highest BCUT2D eigenvalue weighted by molar-refractivity contribution is 7.98. The highest BCUT2D eigenvalue weighted by atomic mass is 32.2. The van der Waals surface area contributed by atoms with E-state index in [1.54, 1.807) is 0 Å². The largest absolute Gasteiger partial charge is 0.310 e. The Hall–Kier alpha value is -0.840. The second-order valence-corrected chi connectivity index (χ2v) is 7.61. The number of benzene rings is 1. The van der Waals surface area contributed by atoms with E-state index in [2.05, 4.69) is 56.4 Å². The van der Waals surface area contributed by atoms with Crippen LogP contribution in [0.25, 0.3) is 11.3 Å². The Bertz CT molecular complexity index is 535. The Kier molecular flexibility index (Phi) is 6.74. The molecular weight excluding hydrogens is 296 g/mol. The summed E-state index contributed by atoms with van der Waals surface area (Å²) in [4.78, 5) is 6.24. The van der Waals surface area contributed by atoms with Gasteiger partial charge in [0.25, 0.3) is 0 Å². The van der Waals surface area contributed by atoms with Gasteiger partial charge in [0.15, 0.2) is 0 Å². The van der Waals surface area contributed by atoms with Crippen molar-refractivity contribution in [3.8, 4) is 11.3 Å². The second kappa shape index (κ2) is 8.57. The van der Waals surface area contributed by atoms with Crippen LogP contribution in [-0.2, 0) is 12.3 Å². The van der Waals surface area contributed by atoms with Crippen LogP contribution in [0.2, 0.25) is 0 Å². The Balaban J connectivity index is 2.19. The fourth-order valence-electron chi connectivity index (χ4n) is 2.00. The number of hydrogen-bond acceptors (Lipinski definition) is 4. The van der Waals surface area contributed by atoms with Crippen LogP contribution in [0.15, 0.2) is 30.3 Å². The van der Waals surface area contributed by atoms with Crippen molar-refractivity contribution in [1.82, 2.24) is 10.3 Å². The maximum Gasteiger partial charge on any atom is 0.103 e. The maximum atomic E-state index is 4.89. The Morgan fingerprint density at radius 2 is 2.00 bits per heavy atom. The number of rotatable bonds is 8. The summed E-state index contributed by atoms with van der Waals surface area (Å²) in [6.45, 7) is 7.49. The van der Waals surface area contributed by atoms with Gasteiger partial charge in [-0.25, -0.2) is 4.98 Å². The first-order valence-electron chi connectivity index (χ1n) is 7.55. The third-order valence-electron chi connectivity index (χ3n) is 3.03. The minimum Gasteiger partial charge on any atom is -0.310 e. The molecule has 0 spiro atoms. The summed E-state index contributed by atoms with van der Waals surface area (Å²) in [5.74, 6) is 2.24. The zero-order valence-electron chi connectivity index (χ0n) is 13.1. The number of aromatic nitrogens is 1. The number of nitrogens with zero attached hydrogens (tertiary/aromatic N) is 1. The lowest BCUT2D eigenvalue weighted by atomic mass is 10.1. The minimum absolute atomic E-state index is 0.494. The fraction of sp³-hybridized carbons (Fsp3) is 0.471. The molecule has 0 aliphatic rings. The highest BCUT2D eigenvalue weighted by Gasteiger charge is 2.13.